The highest BCUT2D eigenvalue weighted by Crippen LogP contribution is 2.37. The van der Waals surface area contributed by atoms with E-state index in [0.29, 0.717) is 42.3 Å². The molecule has 0 radical (unpaired) electrons. The first-order valence-electron chi connectivity index (χ1n) is 11.7. The smallest absolute Gasteiger partial charge is 0.222 e. The van der Waals surface area contributed by atoms with Crippen LogP contribution in [0.1, 0.15) is 18.4 Å². The summed E-state index contributed by atoms with van der Waals surface area (Å²) in [5, 5.41) is 16.0. The molecule has 2 aromatic carbocycles. The Balaban J connectivity index is 1.65. The van der Waals surface area contributed by atoms with Crippen molar-refractivity contribution in [2.24, 2.45) is 13.0 Å². The van der Waals surface area contributed by atoms with Crippen LogP contribution < -0.4 is 4.74 Å². The van der Waals surface area contributed by atoms with E-state index in [1.165, 1.54) is 12.8 Å². The van der Waals surface area contributed by atoms with Gasteiger partial charge in [0.1, 0.15) is 11.4 Å². The molecule has 1 fully saturated rings. The SMILES string of the molecule is C=CCOCC(O)CN(Cc1c(-c2ccccc2)nn(C)c1Oc1ccccc1Cl)CC1CC1. The van der Waals surface area contributed by atoms with Crippen molar-refractivity contribution in [1.29, 1.82) is 0 Å². The zero-order chi connectivity index (χ0) is 23.9. The average molecular weight is 482 g/mol. The Morgan fingerprint density at radius 1 is 1.21 bits per heavy atom. The van der Waals surface area contributed by atoms with Gasteiger partial charge >= 0.3 is 0 Å². The third-order valence-electron chi connectivity index (χ3n) is 5.79. The molecule has 34 heavy (non-hydrogen) atoms. The van der Waals surface area contributed by atoms with Gasteiger partial charge in [0, 0.05) is 32.2 Å². The Morgan fingerprint density at radius 2 is 1.94 bits per heavy atom. The molecule has 1 heterocycles. The van der Waals surface area contributed by atoms with Gasteiger partial charge < -0.3 is 14.6 Å². The standard InChI is InChI=1S/C27H32ClN3O3/c1-3-15-33-19-22(32)17-31(16-20-13-14-20)18-23-26(21-9-5-4-6-10-21)29-30(2)27(23)34-25-12-8-7-11-24(25)28/h3-12,20,22,32H,1,13-19H2,2H3. The number of aliphatic hydroxyl groups is 1. The normalized spacial score (nSPS) is 14.4. The average Bonchev–Trinajstić information content (AvgIpc) is 3.60. The van der Waals surface area contributed by atoms with Gasteiger partial charge in [0.05, 0.1) is 29.9 Å². The maximum Gasteiger partial charge on any atom is 0.222 e. The van der Waals surface area contributed by atoms with Crippen LogP contribution in [0.4, 0.5) is 0 Å². The lowest BCUT2D eigenvalue weighted by Crippen LogP contribution is -2.36. The van der Waals surface area contributed by atoms with Crippen LogP contribution in [0.25, 0.3) is 11.3 Å². The first-order valence-corrected chi connectivity index (χ1v) is 12.1. The molecule has 4 rings (SSSR count). The topological polar surface area (TPSA) is 59.8 Å². The highest BCUT2D eigenvalue weighted by atomic mass is 35.5. The molecular formula is C27H32ClN3O3. The molecular weight excluding hydrogens is 450 g/mol. The number of benzene rings is 2. The Kier molecular flexibility index (Phi) is 8.40. The Morgan fingerprint density at radius 3 is 2.65 bits per heavy atom. The van der Waals surface area contributed by atoms with Crippen LogP contribution in [0.15, 0.2) is 67.3 Å². The van der Waals surface area contributed by atoms with Crippen molar-refractivity contribution in [3.05, 3.63) is 77.8 Å². The third-order valence-corrected chi connectivity index (χ3v) is 6.10. The molecule has 0 bridgehead atoms. The van der Waals surface area contributed by atoms with E-state index in [0.717, 1.165) is 23.4 Å². The molecule has 1 aromatic heterocycles. The predicted octanol–water partition coefficient (Wildman–Crippen LogP) is 5.31. The van der Waals surface area contributed by atoms with E-state index in [4.69, 9.17) is 26.2 Å². The van der Waals surface area contributed by atoms with Gasteiger partial charge in [-0.15, -0.1) is 6.58 Å². The molecule has 6 nitrogen and oxygen atoms in total. The van der Waals surface area contributed by atoms with Crippen molar-refractivity contribution >= 4 is 11.6 Å². The van der Waals surface area contributed by atoms with E-state index in [1.54, 1.807) is 10.8 Å². The van der Waals surface area contributed by atoms with Gasteiger partial charge in [-0.3, -0.25) is 4.90 Å². The van der Waals surface area contributed by atoms with E-state index in [1.807, 2.05) is 61.6 Å². The summed E-state index contributed by atoms with van der Waals surface area (Å²) in [4.78, 5) is 2.28. The van der Waals surface area contributed by atoms with Crippen LogP contribution in [0, 0.1) is 5.92 Å². The summed E-state index contributed by atoms with van der Waals surface area (Å²) in [6, 6.07) is 17.5. The summed E-state index contributed by atoms with van der Waals surface area (Å²) in [7, 11) is 1.88. The fourth-order valence-electron chi connectivity index (χ4n) is 4.01. The second kappa shape index (κ2) is 11.7. The lowest BCUT2D eigenvalue weighted by Gasteiger charge is -2.25. The monoisotopic (exact) mass is 481 g/mol. The quantitative estimate of drug-likeness (QED) is 0.265. The number of aryl methyl sites for hydroxylation is 1. The number of nitrogens with zero attached hydrogens (tertiary/aromatic N) is 3. The largest absolute Gasteiger partial charge is 0.437 e. The van der Waals surface area contributed by atoms with Gasteiger partial charge in [-0.2, -0.15) is 5.10 Å². The fourth-order valence-corrected chi connectivity index (χ4v) is 4.19. The minimum Gasteiger partial charge on any atom is -0.437 e. The van der Waals surface area contributed by atoms with Crippen molar-refractivity contribution in [3.63, 3.8) is 0 Å². The first-order chi connectivity index (χ1) is 16.5. The van der Waals surface area contributed by atoms with Gasteiger partial charge in [0.15, 0.2) is 0 Å². The summed E-state index contributed by atoms with van der Waals surface area (Å²) < 4.78 is 13.6. The van der Waals surface area contributed by atoms with E-state index >= 15 is 0 Å². The van der Waals surface area contributed by atoms with Crippen LogP contribution in [0.3, 0.4) is 0 Å². The number of halogens is 1. The molecule has 0 aliphatic heterocycles. The highest BCUT2D eigenvalue weighted by Gasteiger charge is 2.28. The molecule has 1 atom stereocenters. The number of ether oxygens (including phenoxy) is 2. The fraction of sp³-hybridized carbons (Fsp3) is 0.370. The molecule has 3 aromatic rings. The van der Waals surface area contributed by atoms with Gasteiger partial charge in [0.25, 0.3) is 0 Å². The summed E-state index contributed by atoms with van der Waals surface area (Å²) in [6.45, 7) is 6.37. The number of aliphatic hydroxyl groups excluding tert-OH is 1. The first kappa shape index (κ1) is 24.5. The van der Waals surface area contributed by atoms with E-state index < -0.39 is 6.10 Å². The molecule has 7 heteroatoms. The zero-order valence-corrected chi connectivity index (χ0v) is 20.3. The Labute approximate surface area is 206 Å². The van der Waals surface area contributed by atoms with Crippen molar-refractivity contribution in [3.8, 4) is 22.9 Å². The summed E-state index contributed by atoms with van der Waals surface area (Å²) >= 11 is 6.40. The molecule has 0 amide bonds. The van der Waals surface area contributed by atoms with Crippen LogP contribution in [-0.4, -0.2) is 52.2 Å². The number of hydrogen-bond acceptors (Lipinski definition) is 5. The van der Waals surface area contributed by atoms with Gasteiger partial charge in [-0.05, 0) is 30.9 Å². The molecule has 180 valence electrons. The predicted molar refractivity (Wildman–Crippen MR) is 135 cm³/mol. The van der Waals surface area contributed by atoms with E-state index in [-0.39, 0.29) is 6.61 Å². The number of para-hydroxylation sites is 1. The Hall–Kier alpha value is -2.64. The molecule has 0 saturated heterocycles. The number of hydrogen-bond donors (Lipinski definition) is 1. The zero-order valence-electron chi connectivity index (χ0n) is 19.6. The van der Waals surface area contributed by atoms with E-state index in [2.05, 4.69) is 11.5 Å². The van der Waals surface area contributed by atoms with Crippen LogP contribution >= 0.6 is 11.6 Å². The molecule has 1 aliphatic rings. The van der Waals surface area contributed by atoms with Crippen molar-refractivity contribution in [2.75, 3.05) is 26.3 Å². The highest BCUT2D eigenvalue weighted by molar-refractivity contribution is 6.32. The van der Waals surface area contributed by atoms with Gasteiger partial charge in [-0.1, -0.05) is 60.1 Å². The maximum atomic E-state index is 10.6. The van der Waals surface area contributed by atoms with Gasteiger partial charge in [-0.25, -0.2) is 4.68 Å². The number of aromatic nitrogens is 2. The number of rotatable bonds is 13. The maximum absolute atomic E-state index is 10.6. The lowest BCUT2D eigenvalue weighted by atomic mass is 10.1. The molecule has 1 unspecified atom stereocenters. The van der Waals surface area contributed by atoms with Crippen molar-refractivity contribution in [2.45, 2.75) is 25.5 Å². The van der Waals surface area contributed by atoms with Crippen molar-refractivity contribution < 1.29 is 14.6 Å². The minimum absolute atomic E-state index is 0.273. The third kappa shape index (κ3) is 6.48. The second-order valence-electron chi connectivity index (χ2n) is 8.77. The minimum atomic E-state index is -0.594. The Bertz CT molecular complexity index is 1080. The summed E-state index contributed by atoms with van der Waals surface area (Å²) in [6.07, 6.45) is 3.54. The summed E-state index contributed by atoms with van der Waals surface area (Å²) in [5.74, 6) is 1.89. The molecule has 1 saturated carbocycles. The van der Waals surface area contributed by atoms with Gasteiger partial charge in [0.2, 0.25) is 5.88 Å². The second-order valence-corrected chi connectivity index (χ2v) is 9.18. The molecule has 0 spiro atoms. The van der Waals surface area contributed by atoms with E-state index in [9.17, 15) is 5.11 Å². The molecule has 1 N–H and O–H groups in total. The summed E-state index contributed by atoms with van der Waals surface area (Å²) in [5.41, 5.74) is 2.85. The lowest BCUT2D eigenvalue weighted by molar-refractivity contribution is 0.0235. The molecule has 1 aliphatic carbocycles. The van der Waals surface area contributed by atoms with Crippen LogP contribution in [-0.2, 0) is 18.3 Å². The van der Waals surface area contributed by atoms with Crippen LogP contribution in [0.5, 0.6) is 11.6 Å². The van der Waals surface area contributed by atoms with Crippen LogP contribution in [0.2, 0.25) is 5.02 Å². The van der Waals surface area contributed by atoms with Crippen molar-refractivity contribution in [1.82, 2.24) is 14.7 Å².